The molecule has 15 heavy (non-hydrogen) atoms. The van der Waals surface area contributed by atoms with Gasteiger partial charge in [-0.1, -0.05) is 12.1 Å². The molecule has 1 heterocycles. The Morgan fingerprint density at radius 2 is 2.13 bits per heavy atom. The van der Waals surface area contributed by atoms with Gasteiger partial charge in [-0.25, -0.2) is 0 Å². The number of aromatic nitrogens is 1. The number of hydrogen-bond donors (Lipinski definition) is 2. The number of carboxylic acid groups (broad SMARTS) is 1. The summed E-state index contributed by atoms with van der Waals surface area (Å²) in [5.74, 6) is -0.893. The minimum Gasteiger partial charge on any atom is -0.507 e. The van der Waals surface area contributed by atoms with Gasteiger partial charge in [0.25, 0.3) is 0 Å². The second-order valence-corrected chi connectivity index (χ2v) is 3.20. The molecular formula is C11H9NO3. The van der Waals surface area contributed by atoms with Crippen molar-refractivity contribution in [2.24, 2.45) is 0 Å². The third-order valence-corrected chi connectivity index (χ3v) is 2.17. The number of pyridine rings is 1. The van der Waals surface area contributed by atoms with E-state index in [0.717, 1.165) is 5.39 Å². The van der Waals surface area contributed by atoms with Crippen LogP contribution in [-0.2, 0) is 11.2 Å². The highest BCUT2D eigenvalue weighted by molar-refractivity contribution is 5.91. The quantitative estimate of drug-likeness (QED) is 0.777. The first kappa shape index (κ1) is 9.45. The van der Waals surface area contributed by atoms with Crippen LogP contribution in [0.1, 0.15) is 5.69 Å². The average Bonchev–Trinajstić information content (AvgIpc) is 2.17. The maximum Gasteiger partial charge on any atom is 0.309 e. The fourth-order valence-corrected chi connectivity index (χ4v) is 1.56. The van der Waals surface area contributed by atoms with Gasteiger partial charge in [-0.05, 0) is 17.5 Å². The van der Waals surface area contributed by atoms with Crippen molar-refractivity contribution in [3.05, 3.63) is 36.2 Å². The molecule has 0 aliphatic rings. The highest BCUT2D eigenvalue weighted by atomic mass is 16.4. The van der Waals surface area contributed by atoms with E-state index in [1.54, 1.807) is 18.3 Å². The van der Waals surface area contributed by atoms with Crippen LogP contribution in [0.15, 0.2) is 30.5 Å². The Balaban J connectivity index is 2.68. The molecule has 2 N–H and O–H groups in total. The maximum absolute atomic E-state index is 10.6. The van der Waals surface area contributed by atoms with Gasteiger partial charge in [-0.3, -0.25) is 9.78 Å². The summed E-state index contributed by atoms with van der Waals surface area (Å²) in [7, 11) is 0. The van der Waals surface area contributed by atoms with E-state index in [0.29, 0.717) is 11.1 Å². The summed E-state index contributed by atoms with van der Waals surface area (Å²) in [6.07, 6.45) is 1.36. The summed E-state index contributed by atoms with van der Waals surface area (Å²) in [6, 6.07) is 6.78. The van der Waals surface area contributed by atoms with E-state index in [1.165, 1.54) is 6.07 Å². The fourth-order valence-electron chi connectivity index (χ4n) is 1.56. The first-order valence-electron chi connectivity index (χ1n) is 4.46. The summed E-state index contributed by atoms with van der Waals surface area (Å²) in [5.41, 5.74) is 0.387. The lowest BCUT2D eigenvalue weighted by Gasteiger charge is -2.04. The van der Waals surface area contributed by atoms with Crippen molar-refractivity contribution in [2.45, 2.75) is 6.42 Å². The Bertz CT molecular complexity index is 517. The number of phenols is 1. The zero-order valence-corrected chi connectivity index (χ0v) is 7.84. The number of aliphatic carboxylic acids is 1. The van der Waals surface area contributed by atoms with Crippen molar-refractivity contribution >= 4 is 16.7 Å². The molecular weight excluding hydrogens is 194 g/mol. The SMILES string of the molecule is O=C(O)Cc1nccc2cccc(O)c12. The topological polar surface area (TPSA) is 70.4 Å². The van der Waals surface area contributed by atoms with Gasteiger partial charge in [0.1, 0.15) is 5.75 Å². The number of carboxylic acids is 1. The summed E-state index contributed by atoms with van der Waals surface area (Å²) in [5, 5.41) is 19.6. The number of aromatic hydroxyl groups is 1. The van der Waals surface area contributed by atoms with Crippen molar-refractivity contribution in [1.82, 2.24) is 4.98 Å². The number of fused-ring (bicyclic) bond motifs is 1. The average molecular weight is 203 g/mol. The Morgan fingerprint density at radius 3 is 2.87 bits per heavy atom. The van der Waals surface area contributed by atoms with Gasteiger partial charge in [0.2, 0.25) is 0 Å². The van der Waals surface area contributed by atoms with Crippen molar-refractivity contribution in [3.8, 4) is 5.75 Å². The minimum atomic E-state index is -0.960. The highest BCUT2D eigenvalue weighted by Gasteiger charge is 2.09. The molecule has 1 aromatic carbocycles. The Morgan fingerprint density at radius 1 is 1.33 bits per heavy atom. The molecule has 4 nitrogen and oxygen atoms in total. The molecule has 0 bridgehead atoms. The Hall–Kier alpha value is -2.10. The molecule has 0 unspecified atom stereocenters. The lowest BCUT2D eigenvalue weighted by molar-refractivity contribution is -0.136. The van der Waals surface area contributed by atoms with Crippen LogP contribution in [-0.4, -0.2) is 21.2 Å². The van der Waals surface area contributed by atoms with Crippen molar-refractivity contribution in [3.63, 3.8) is 0 Å². The summed E-state index contributed by atoms with van der Waals surface area (Å²) < 4.78 is 0. The lowest BCUT2D eigenvalue weighted by Crippen LogP contribution is -2.02. The van der Waals surface area contributed by atoms with Gasteiger partial charge < -0.3 is 10.2 Å². The van der Waals surface area contributed by atoms with Crippen molar-refractivity contribution < 1.29 is 15.0 Å². The van der Waals surface area contributed by atoms with Crippen LogP contribution in [0.25, 0.3) is 10.8 Å². The van der Waals surface area contributed by atoms with E-state index in [4.69, 9.17) is 5.11 Å². The second-order valence-electron chi connectivity index (χ2n) is 3.20. The number of phenolic OH excluding ortho intramolecular Hbond substituents is 1. The lowest BCUT2D eigenvalue weighted by atomic mass is 10.1. The predicted octanol–water partition coefficient (Wildman–Crippen LogP) is 1.57. The molecule has 0 saturated carbocycles. The molecule has 0 radical (unpaired) electrons. The smallest absolute Gasteiger partial charge is 0.309 e. The highest BCUT2D eigenvalue weighted by Crippen LogP contribution is 2.26. The number of benzene rings is 1. The van der Waals surface area contributed by atoms with Crippen LogP contribution in [0.2, 0.25) is 0 Å². The molecule has 76 valence electrons. The number of hydrogen-bond acceptors (Lipinski definition) is 3. The van der Waals surface area contributed by atoms with E-state index >= 15 is 0 Å². The molecule has 0 amide bonds. The third-order valence-electron chi connectivity index (χ3n) is 2.17. The van der Waals surface area contributed by atoms with Crippen molar-refractivity contribution in [1.29, 1.82) is 0 Å². The Kier molecular flexibility index (Phi) is 2.25. The van der Waals surface area contributed by atoms with Crippen LogP contribution < -0.4 is 0 Å². The Labute approximate surface area is 85.8 Å². The molecule has 0 spiro atoms. The number of nitrogens with zero attached hydrogens (tertiary/aromatic N) is 1. The summed E-state index contributed by atoms with van der Waals surface area (Å²) in [4.78, 5) is 14.6. The van der Waals surface area contributed by atoms with E-state index in [-0.39, 0.29) is 12.2 Å². The van der Waals surface area contributed by atoms with E-state index < -0.39 is 5.97 Å². The molecule has 0 fully saturated rings. The normalized spacial score (nSPS) is 10.4. The fraction of sp³-hybridized carbons (Fsp3) is 0.0909. The molecule has 0 atom stereocenters. The van der Waals surface area contributed by atoms with Gasteiger partial charge >= 0.3 is 5.97 Å². The predicted molar refractivity (Wildman–Crippen MR) is 54.7 cm³/mol. The number of rotatable bonds is 2. The summed E-state index contributed by atoms with van der Waals surface area (Å²) in [6.45, 7) is 0. The van der Waals surface area contributed by atoms with E-state index in [2.05, 4.69) is 4.98 Å². The van der Waals surface area contributed by atoms with Gasteiger partial charge in [-0.2, -0.15) is 0 Å². The first-order chi connectivity index (χ1) is 7.18. The minimum absolute atomic E-state index is 0.0665. The molecule has 0 aliphatic carbocycles. The molecule has 4 heteroatoms. The maximum atomic E-state index is 10.6. The molecule has 0 saturated heterocycles. The van der Waals surface area contributed by atoms with Gasteiger partial charge in [-0.15, -0.1) is 0 Å². The van der Waals surface area contributed by atoms with Gasteiger partial charge in [0, 0.05) is 11.6 Å². The summed E-state index contributed by atoms with van der Waals surface area (Å²) >= 11 is 0. The van der Waals surface area contributed by atoms with Crippen molar-refractivity contribution in [2.75, 3.05) is 0 Å². The van der Waals surface area contributed by atoms with Crippen LogP contribution in [0.3, 0.4) is 0 Å². The van der Waals surface area contributed by atoms with E-state index in [1.807, 2.05) is 6.07 Å². The van der Waals surface area contributed by atoms with Crippen LogP contribution in [0.4, 0.5) is 0 Å². The van der Waals surface area contributed by atoms with Gasteiger partial charge in [0.15, 0.2) is 0 Å². The third kappa shape index (κ3) is 1.74. The first-order valence-corrected chi connectivity index (χ1v) is 4.46. The zero-order chi connectivity index (χ0) is 10.8. The molecule has 2 aromatic rings. The zero-order valence-electron chi connectivity index (χ0n) is 7.84. The number of carbonyl (C=O) groups is 1. The van der Waals surface area contributed by atoms with Crippen LogP contribution in [0.5, 0.6) is 5.75 Å². The van der Waals surface area contributed by atoms with Crippen LogP contribution >= 0.6 is 0 Å². The standard InChI is InChI=1S/C11H9NO3/c13-9-3-1-2-7-4-5-12-8(11(7)9)6-10(14)15/h1-5,13H,6H2,(H,14,15). The van der Waals surface area contributed by atoms with Crippen LogP contribution in [0, 0.1) is 0 Å². The monoisotopic (exact) mass is 203 g/mol. The molecule has 2 rings (SSSR count). The van der Waals surface area contributed by atoms with E-state index in [9.17, 15) is 9.90 Å². The molecule has 1 aromatic heterocycles. The largest absolute Gasteiger partial charge is 0.507 e. The second kappa shape index (κ2) is 3.57. The van der Waals surface area contributed by atoms with Gasteiger partial charge in [0.05, 0.1) is 12.1 Å². The molecule has 0 aliphatic heterocycles.